The van der Waals surface area contributed by atoms with Crippen LogP contribution in [0.3, 0.4) is 0 Å². The molecule has 0 saturated carbocycles. The summed E-state index contributed by atoms with van der Waals surface area (Å²) in [5, 5.41) is 1.22. The number of aryl methyl sites for hydroxylation is 3. The van der Waals surface area contributed by atoms with Crippen molar-refractivity contribution in [1.82, 2.24) is 4.98 Å². The average Bonchev–Trinajstić information content (AvgIpc) is 2.42. The van der Waals surface area contributed by atoms with Gasteiger partial charge in [-0.25, -0.2) is 4.57 Å². The molecule has 0 fully saturated rings. The summed E-state index contributed by atoms with van der Waals surface area (Å²) in [6.07, 6.45) is 0. The molecule has 0 bridgehead atoms. The molecule has 1 heterocycles. The smallest absolute Gasteiger partial charge is 0.230 e. The molecule has 20 heavy (non-hydrogen) atoms. The van der Waals surface area contributed by atoms with Gasteiger partial charge in [-0.05, 0) is 36.5 Å². The third kappa shape index (κ3) is 1.97. The van der Waals surface area contributed by atoms with Crippen LogP contribution in [0.25, 0.3) is 22.2 Å². The summed E-state index contributed by atoms with van der Waals surface area (Å²) in [6.45, 7) is 6.34. The highest BCUT2D eigenvalue weighted by Crippen LogP contribution is 2.27. The van der Waals surface area contributed by atoms with Crippen LogP contribution in [0.1, 0.15) is 17.0 Å². The van der Waals surface area contributed by atoms with Gasteiger partial charge in [-0.15, -0.1) is 0 Å². The monoisotopic (exact) mass is 263 g/mol. The van der Waals surface area contributed by atoms with Crippen molar-refractivity contribution in [2.45, 2.75) is 20.8 Å². The molecule has 0 N–H and O–H groups in total. The van der Waals surface area contributed by atoms with E-state index in [1.54, 1.807) is 0 Å². The lowest BCUT2D eigenvalue weighted by Gasteiger charge is -2.10. The maximum atomic E-state index is 4.70. The average molecular weight is 263 g/mol. The maximum absolute atomic E-state index is 4.70. The summed E-state index contributed by atoms with van der Waals surface area (Å²) < 4.78 is 2.18. The topological polar surface area (TPSA) is 16.8 Å². The van der Waals surface area contributed by atoms with E-state index in [-0.39, 0.29) is 0 Å². The Balaban J connectivity index is 2.47. The second kappa shape index (κ2) is 4.71. The first-order chi connectivity index (χ1) is 9.58. The molecule has 0 saturated heterocycles. The number of fused-ring (bicyclic) bond motifs is 1. The van der Waals surface area contributed by atoms with E-state index in [0.717, 1.165) is 11.3 Å². The predicted molar refractivity (Wildman–Crippen MR) is 82.6 cm³/mol. The minimum atomic E-state index is 1.03. The largest absolute Gasteiger partial charge is 0.296 e. The van der Waals surface area contributed by atoms with Crippen LogP contribution in [-0.2, 0) is 7.05 Å². The van der Waals surface area contributed by atoms with Gasteiger partial charge in [-0.1, -0.05) is 35.9 Å². The van der Waals surface area contributed by atoms with Crippen molar-refractivity contribution in [2.75, 3.05) is 0 Å². The molecule has 100 valence electrons. The molecular formula is C18H19N2+. The Morgan fingerprint density at radius 2 is 1.70 bits per heavy atom. The minimum absolute atomic E-state index is 1.03. The number of benzene rings is 2. The zero-order valence-corrected chi connectivity index (χ0v) is 12.4. The van der Waals surface area contributed by atoms with Crippen molar-refractivity contribution in [2.24, 2.45) is 7.05 Å². The van der Waals surface area contributed by atoms with Crippen LogP contribution in [-0.4, -0.2) is 4.98 Å². The lowest BCUT2D eigenvalue weighted by atomic mass is 10.0. The zero-order chi connectivity index (χ0) is 14.3. The van der Waals surface area contributed by atoms with Crippen molar-refractivity contribution < 1.29 is 4.57 Å². The predicted octanol–water partition coefficient (Wildman–Crippen LogP) is 3.65. The lowest BCUT2D eigenvalue weighted by Crippen LogP contribution is -2.36. The van der Waals surface area contributed by atoms with E-state index in [9.17, 15) is 0 Å². The Labute approximate surface area is 119 Å². The summed E-state index contributed by atoms with van der Waals surface area (Å²) in [4.78, 5) is 4.70. The summed E-state index contributed by atoms with van der Waals surface area (Å²) in [5.41, 5.74) is 6.13. The van der Waals surface area contributed by atoms with Crippen molar-refractivity contribution in [3.05, 3.63) is 59.4 Å². The summed E-state index contributed by atoms with van der Waals surface area (Å²) in [5.74, 6) is 1.03. The van der Waals surface area contributed by atoms with Crippen molar-refractivity contribution >= 4 is 10.9 Å². The van der Waals surface area contributed by atoms with Gasteiger partial charge in [-0.2, -0.15) is 0 Å². The third-order valence-corrected chi connectivity index (χ3v) is 3.91. The Hall–Kier alpha value is -2.22. The van der Waals surface area contributed by atoms with Gasteiger partial charge in [0.1, 0.15) is 5.69 Å². The van der Waals surface area contributed by atoms with E-state index in [1.807, 2.05) is 0 Å². The molecular weight excluding hydrogens is 244 g/mol. The first-order valence-corrected chi connectivity index (χ1v) is 6.91. The van der Waals surface area contributed by atoms with Gasteiger partial charge in [0.2, 0.25) is 0 Å². The summed E-state index contributed by atoms with van der Waals surface area (Å²) in [7, 11) is 2.09. The number of hydrogen-bond acceptors (Lipinski definition) is 1. The van der Waals surface area contributed by atoms with E-state index < -0.39 is 0 Å². The lowest BCUT2D eigenvalue weighted by molar-refractivity contribution is -0.668. The van der Waals surface area contributed by atoms with Crippen LogP contribution in [0.2, 0.25) is 0 Å². The van der Waals surface area contributed by atoms with Gasteiger partial charge in [0, 0.05) is 12.5 Å². The first kappa shape index (κ1) is 12.8. The van der Waals surface area contributed by atoms with Crippen LogP contribution in [0, 0.1) is 20.8 Å². The van der Waals surface area contributed by atoms with Gasteiger partial charge in [0.05, 0.1) is 12.4 Å². The zero-order valence-electron chi connectivity index (χ0n) is 12.4. The molecule has 3 aromatic rings. The van der Waals surface area contributed by atoms with Gasteiger partial charge in [-0.3, -0.25) is 0 Å². The van der Waals surface area contributed by atoms with Gasteiger partial charge in [0.15, 0.2) is 5.52 Å². The Bertz CT molecular complexity index is 804. The number of nitrogens with zero attached hydrogens (tertiary/aromatic N) is 2. The van der Waals surface area contributed by atoms with Crippen molar-refractivity contribution in [3.8, 4) is 11.3 Å². The molecule has 0 atom stereocenters. The molecule has 0 aliphatic carbocycles. The normalized spacial score (nSPS) is 11.0. The second-order valence-corrected chi connectivity index (χ2v) is 5.40. The van der Waals surface area contributed by atoms with E-state index in [2.05, 4.69) is 74.9 Å². The fourth-order valence-electron chi connectivity index (χ4n) is 2.69. The quantitative estimate of drug-likeness (QED) is 0.612. The highest BCUT2D eigenvalue weighted by molar-refractivity contribution is 5.91. The Kier molecular flexibility index (Phi) is 3.01. The molecule has 2 aromatic carbocycles. The van der Waals surface area contributed by atoms with E-state index in [4.69, 9.17) is 4.98 Å². The number of hydrogen-bond donors (Lipinski definition) is 0. The van der Waals surface area contributed by atoms with Crippen molar-refractivity contribution in [3.63, 3.8) is 0 Å². The SMILES string of the molecule is Cc1ccc2nc(C)[n+](C)c(-c3ccccc3C)c2c1. The standard InChI is InChI=1S/C18H19N2/c1-12-9-10-17-16(11-12)18(20(4)14(3)19-17)15-8-6-5-7-13(15)2/h5-11H,1-4H3/q+1. The van der Waals surface area contributed by atoms with E-state index >= 15 is 0 Å². The fraction of sp³-hybridized carbons (Fsp3) is 0.222. The van der Waals surface area contributed by atoms with Crippen LogP contribution in [0.15, 0.2) is 42.5 Å². The van der Waals surface area contributed by atoms with Gasteiger partial charge >= 0.3 is 0 Å². The van der Waals surface area contributed by atoms with Crippen molar-refractivity contribution in [1.29, 1.82) is 0 Å². The Morgan fingerprint density at radius 3 is 2.45 bits per heavy atom. The molecule has 0 spiro atoms. The molecule has 0 radical (unpaired) electrons. The van der Waals surface area contributed by atoms with Gasteiger partial charge in [0.25, 0.3) is 5.82 Å². The Morgan fingerprint density at radius 1 is 0.950 bits per heavy atom. The molecule has 0 amide bonds. The molecule has 1 aromatic heterocycles. The minimum Gasteiger partial charge on any atom is -0.230 e. The highest BCUT2D eigenvalue weighted by Gasteiger charge is 2.19. The summed E-state index contributed by atoms with van der Waals surface area (Å²) in [6, 6.07) is 15.0. The molecule has 2 nitrogen and oxygen atoms in total. The molecule has 0 aliphatic rings. The highest BCUT2D eigenvalue weighted by atomic mass is 15.0. The molecule has 0 aliphatic heterocycles. The van der Waals surface area contributed by atoms with Crippen LogP contribution >= 0.6 is 0 Å². The molecule has 3 rings (SSSR count). The molecule has 0 unspecified atom stereocenters. The number of aromatic nitrogens is 2. The van der Waals surface area contributed by atoms with Crippen LogP contribution in [0.5, 0.6) is 0 Å². The second-order valence-electron chi connectivity index (χ2n) is 5.40. The number of rotatable bonds is 1. The van der Waals surface area contributed by atoms with E-state index in [1.165, 1.54) is 27.8 Å². The maximum Gasteiger partial charge on any atom is 0.296 e. The fourth-order valence-corrected chi connectivity index (χ4v) is 2.69. The summed E-state index contributed by atoms with van der Waals surface area (Å²) >= 11 is 0. The molecule has 2 heteroatoms. The first-order valence-electron chi connectivity index (χ1n) is 6.91. The van der Waals surface area contributed by atoms with Gasteiger partial charge < -0.3 is 0 Å². The third-order valence-electron chi connectivity index (χ3n) is 3.91. The van der Waals surface area contributed by atoms with E-state index in [0.29, 0.717) is 0 Å². The van der Waals surface area contributed by atoms with Crippen LogP contribution in [0.4, 0.5) is 0 Å². The van der Waals surface area contributed by atoms with Crippen LogP contribution < -0.4 is 4.57 Å².